The molecule has 0 spiro atoms. The fourth-order valence-corrected chi connectivity index (χ4v) is 3.93. The molecule has 0 saturated carbocycles. The smallest absolute Gasteiger partial charge is 0.234 e. The molecule has 30 heavy (non-hydrogen) atoms. The van der Waals surface area contributed by atoms with Gasteiger partial charge in [-0.1, -0.05) is 30.3 Å². The van der Waals surface area contributed by atoms with Gasteiger partial charge in [0.25, 0.3) is 0 Å². The van der Waals surface area contributed by atoms with E-state index in [1.807, 2.05) is 30.3 Å². The largest absolute Gasteiger partial charge is 0.394 e. The van der Waals surface area contributed by atoms with E-state index < -0.39 is 6.10 Å². The van der Waals surface area contributed by atoms with E-state index in [9.17, 15) is 14.7 Å². The molecular formula is C22H33N3O5. The third-order valence-corrected chi connectivity index (χ3v) is 5.60. The highest BCUT2D eigenvalue weighted by Crippen LogP contribution is 2.22. The van der Waals surface area contributed by atoms with Gasteiger partial charge in [-0.15, -0.1) is 0 Å². The number of amides is 2. The Morgan fingerprint density at radius 2 is 1.87 bits per heavy atom. The van der Waals surface area contributed by atoms with Crippen LogP contribution >= 0.6 is 0 Å². The highest BCUT2D eigenvalue weighted by Gasteiger charge is 2.33. The first kappa shape index (κ1) is 22.7. The van der Waals surface area contributed by atoms with Crippen molar-refractivity contribution in [3.63, 3.8) is 0 Å². The quantitative estimate of drug-likeness (QED) is 0.525. The number of aliphatic hydroxyl groups excluding tert-OH is 1. The van der Waals surface area contributed by atoms with E-state index in [0.717, 1.165) is 19.5 Å². The van der Waals surface area contributed by atoms with Crippen LogP contribution in [-0.4, -0.2) is 86.1 Å². The van der Waals surface area contributed by atoms with Crippen molar-refractivity contribution in [1.82, 2.24) is 15.5 Å². The molecule has 3 atom stereocenters. The van der Waals surface area contributed by atoms with E-state index >= 15 is 0 Å². The highest BCUT2D eigenvalue weighted by molar-refractivity contribution is 5.78. The van der Waals surface area contributed by atoms with Gasteiger partial charge in [0, 0.05) is 19.6 Å². The van der Waals surface area contributed by atoms with Crippen molar-refractivity contribution in [3.8, 4) is 0 Å². The summed E-state index contributed by atoms with van der Waals surface area (Å²) in [4.78, 5) is 26.6. The van der Waals surface area contributed by atoms with Gasteiger partial charge in [0.1, 0.15) is 6.10 Å². The molecule has 0 radical (unpaired) electrons. The summed E-state index contributed by atoms with van der Waals surface area (Å²) in [7, 11) is 0. The Morgan fingerprint density at radius 1 is 1.10 bits per heavy atom. The summed E-state index contributed by atoms with van der Waals surface area (Å²) < 4.78 is 11.2. The Kier molecular flexibility index (Phi) is 9.07. The van der Waals surface area contributed by atoms with Crippen LogP contribution in [-0.2, 0) is 25.5 Å². The molecule has 8 heteroatoms. The van der Waals surface area contributed by atoms with Gasteiger partial charge in [0.2, 0.25) is 11.8 Å². The van der Waals surface area contributed by atoms with Crippen molar-refractivity contribution in [3.05, 3.63) is 35.9 Å². The molecule has 0 unspecified atom stereocenters. The fourth-order valence-electron chi connectivity index (χ4n) is 3.93. The van der Waals surface area contributed by atoms with Gasteiger partial charge >= 0.3 is 0 Å². The standard InChI is InChI=1S/C22H33N3O5/c26-16-20-19(24-22(28)15-25-10-12-29-13-11-25)7-6-18(30-20)14-21(27)23-9-8-17-4-2-1-3-5-17/h1-5,18-20,26H,6-16H2,(H,23,27)(H,24,28)/t18-,19-,20-/m0/s1. The van der Waals surface area contributed by atoms with E-state index in [1.165, 1.54) is 5.56 Å². The van der Waals surface area contributed by atoms with Gasteiger partial charge in [-0.05, 0) is 24.8 Å². The normalized spacial score (nSPS) is 24.9. The predicted octanol–water partition coefficient (Wildman–Crippen LogP) is 0.0923. The number of morpholine rings is 1. The highest BCUT2D eigenvalue weighted by atomic mass is 16.5. The topological polar surface area (TPSA) is 100 Å². The monoisotopic (exact) mass is 419 g/mol. The molecule has 2 saturated heterocycles. The molecule has 1 aromatic rings. The molecular weight excluding hydrogens is 386 g/mol. The van der Waals surface area contributed by atoms with Crippen molar-refractivity contribution < 1.29 is 24.2 Å². The molecule has 0 aliphatic carbocycles. The zero-order valence-corrected chi connectivity index (χ0v) is 17.4. The maximum atomic E-state index is 12.3. The molecule has 0 aromatic heterocycles. The molecule has 8 nitrogen and oxygen atoms in total. The zero-order valence-electron chi connectivity index (χ0n) is 17.4. The number of benzene rings is 1. The van der Waals surface area contributed by atoms with Gasteiger partial charge in [0.15, 0.2) is 0 Å². The van der Waals surface area contributed by atoms with Crippen LogP contribution in [0.5, 0.6) is 0 Å². The molecule has 2 aliphatic rings. The maximum absolute atomic E-state index is 12.3. The van der Waals surface area contributed by atoms with E-state index in [0.29, 0.717) is 39.1 Å². The average molecular weight is 420 g/mol. The third-order valence-electron chi connectivity index (χ3n) is 5.60. The molecule has 0 bridgehead atoms. The zero-order chi connectivity index (χ0) is 21.2. The minimum atomic E-state index is -0.491. The number of nitrogens with zero attached hydrogens (tertiary/aromatic N) is 1. The second-order valence-corrected chi connectivity index (χ2v) is 7.91. The minimum Gasteiger partial charge on any atom is -0.394 e. The minimum absolute atomic E-state index is 0.0533. The lowest BCUT2D eigenvalue weighted by atomic mass is 9.97. The molecule has 166 valence electrons. The van der Waals surface area contributed by atoms with Crippen molar-refractivity contribution in [1.29, 1.82) is 0 Å². The fraction of sp³-hybridized carbons (Fsp3) is 0.636. The predicted molar refractivity (Wildman–Crippen MR) is 112 cm³/mol. The molecule has 2 aliphatic heterocycles. The Morgan fingerprint density at radius 3 is 2.60 bits per heavy atom. The van der Waals surface area contributed by atoms with Crippen molar-refractivity contribution >= 4 is 11.8 Å². The Labute approximate surface area is 177 Å². The lowest BCUT2D eigenvalue weighted by molar-refractivity contribution is -0.136. The Hall–Kier alpha value is -2.00. The van der Waals surface area contributed by atoms with E-state index in [2.05, 4.69) is 15.5 Å². The second-order valence-electron chi connectivity index (χ2n) is 7.91. The van der Waals surface area contributed by atoms with E-state index in [-0.39, 0.29) is 37.0 Å². The van der Waals surface area contributed by atoms with Gasteiger partial charge in [0.05, 0.1) is 44.9 Å². The molecule has 1 aromatic carbocycles. The van der Waals surface area contributed by atoms with Gasteiger partial charge in [-0.2, -0.15) is 0 Å². The number of rotatable bonds is 9. The summed E-state index contributed by atoms with van der Waals surface area (Å²) in [6, 6.07) is 9.78. The van der Waals surface area contributed by atoms with Crippen LogP contribution in [0, 0.1) is 0 Å². The Bertz CT molecular complexity index is 666. The van der Waals surface area contributed by atoms with E-state index in [4.69, 9.17) is 9.47 Å². The number of aliphatic hydroxyl groups is 1. The first-order valence-electron chi connectivity index (χ1n) is 10.8. The lowest BCUT2D eigenvalue weighted by Crippen LogP contribution is -2.53. The second kappa shape index (κ2) is 12.0. The number of hydrogen-bond acceptors (Lipinski definition) is 6. The SMILES string of the molecule is O=C(C[C@@H]1CC[C@H](NC(=O)CN2CCOCC2)[C@H](CO)O1)NCCc1ccccc1. The van der Waals surface area contributed by atoms with Crippen molar-refractivity contribution in [2.75, 3.05) is 46.0 Å². The maximum Gasteiger partial charge on any atom is 0.234 e. The van der Waals surface area contributed by atoms with Gasteiger partial charge in [-0.25, -0.2) is 0 Å². The van der Waals surface area contributed by atoms with Crippen LogP contribution in [0.15, 0.2) is 30.3 Å². The van der Waals surface area contributed by atoms with Crippen molar-refractivity contribution in [2.24, 2.45) is 0 Å². The number of carbonyl (C=O) groups excluding carboxylic acids is 2. The Balaban J connectivity index is 1.36. The van der Waals surface area contributed by atoms with Crippen LogP contribution in [0.3, 0.4) is 0 Å². The van der Waals surface area contributed by atoms with Crippen LogP contribution in [0.4, 0.5) is 0 Å². The van der Waals surface area contributed by atoms with Crippen LogP contribution < -0.4 is 10.6 Å². The summed E-state index contributed by atoms with van der Waals surface area (Å²) in [5, 5.41) is 15.6. The van der Waals surface area contributed by atoms with Crippen LogP contribution in [0.25, 0.3) is 0 Å². The van der Waals surface area contributed by atoms with Gasteiger partial charge in [-0.3, -0.25) is 14.5 Å². The molecule has 3 N–H and O–H groups in total. The number of hydrogen-bond donors (Lipinski definition) is 3. The van der Waals surface area contributed by atoms with Crippen molar-refractivity contribution in [2.45, 2.75) is 43.9 Å². The van der Waals surface area contributed by atoms with E-state index in [1.54, 1.807) is 0 Å². The molecule has 3 rings (SSSR count). The summed E-state index contributed by atoms with van der Waals surface area (Å²) in [5.74, 6) is -0.122. The van der Waals surface area contributed by atoms with Crippen LogP contribution in [0.2, 0.25) is 0 Å². The molecule has 2 fully saturated rings. The average Bonchev–Trinajstić information content (AvgIpc) is 2.76. The summed E-state index contributed by atoms with van der Waals surface area (Å²) in [5.41, 5.74) is 1.18. The summed E-state index contributed by atoms with van der Waals surface area (Å²) >= 11 is 0. The molecule has 2 heterocycles. The summed E-state index contributed by atoms with van der Waals surface area (Å²) in [6.45, 7) is 3.51. The first-order chi connectivity index (χ1) is 14.6. The lowest BCUT2D eigenvalue weighted by Gasteiger charge is -2.36. The van der Waals surface area contributed by atoms with Crippen LogP contribution in [0.1, 0.15) is 24.8 Å². The summed E-state index contributed by atoms with van der Waals surface area (Å²) in [6.07, 6.45) is 1.67. The molecule has 2 amide bonds. The number of carbonyl (C=O) groups is 2. The van der Waals surface area contributed by atoms with Gasteiger partial charge < -0.3 is 25.2 Å². The number of ether oxygens (including phenoxy) is 2. The number of nitrogens with one attached hydrogen (secondary N) is 2. The first-order valence-corrected chi connectivity index (χ1v) is 10.8. The third kappa shape index (κ3) is 7.36.